The van der Waals surface area contributed by atoms with Crippen LogP contribution in [0.25, 0.3) is 0 Å². The minimum atomic E-state index is -5.03. The summed E-state index contributed by atoms with van der Waals surface area (Å²) in [5.74, 6) is -12.9. The Labute approximate surface area is 269 Å². The lowest BCUT2D eigenvalue weighted by Crippen LogP contribution is -2.29. The maximum atomic E-state index is 15.1. The molecule has 246 valence electrons. The van der Waals surface area contributed by atoms with Crippen molar-refractivity contribution < 1.29 is 53.9 Å². The largest absolute Gasteiger partial charge is 0.419 e. The topological polar surface area (TPSA) is 75.3 Å². The third-order valence-corrected chi connectivity index (χ3v) is 8.50. The molecule has 0 aromatic heterocycles. The van der Waals surface area contributed by atoms with Crippen LogP contribution in [0.4, 0.5) is 50.9 Å². The highest BCUT2D eigenvalue weighted by Gasteiger charge is 2.67. The van der Waals surface area contributed by atoms with E-state index in [-0.39, 0.29) is 21.8 Å². The number of carbonyl (C=O) groups is 3. The third-order valence-electron chi connectivity index (χ3n) is 7.23. The summed E-state index contributed by atoms with van der Waals surface area (Å²) in [7, 11) is 0. The van der Waals surface area contributed by atoms with Crippen LogP contribution in [0.2, 0.25) is 5.02 Å². The fourth-order valence-corrected chi connectivity index (χ4v) is 5.61. The number of ketones is 1. The molecule has 3 aromatic carbocycles. The molecule has 1 saturated carbocycles. The van der Waals surface area contributed by atoms with Crippen molar-refractivity contribution in [3.63, 3.8) is 0 Å². The van der Waals surface area contributed by atoms with Crippen molar-refractivity contribution in [2.24, 2.45) is 11.8 Å². The molecule has 3 atom stereocenters. The van der Waals surface area contributed by atoms with Gasteiger partial charge in [-0.1, -0.05) is 17.7 Å². The first-order valence-electron chi connectivity index (χ1n) is 12.9. The molecule has 1 unspecified atom stereocenters. The predicted octanol–water partition coefficient (Wildman–Crippen LogP) is 8.86. The molecule has 2 amide bonds. The Morgan fingerprint density at radius 3 is 2.13 bits per heavy atom. The molecule has 0 aliphatic heterocycles. The molecule has 1 aliphatic rings. The first kappa shape index (κ1) is 35.4. The van der Waals surface area contributed by atoms with Crippen molar-refractivity contribution >= 4 is 63.8 Å². The molecule has 1 fully saturated rings. The number of benzene rings is 3. The van der Waals surface area contributed by atoms with E-state index in [4.69, 9.17) is 34.8 Å². The smallest absolute Gasteiger partial charge is 0.326 e. The van der Waals surface area contributed by atoms with Gasteiger partial charge in [-0.05, 0) is 55.0 Å². The van der Waals surface area contributed by atoms with Crippen LogP contribution in [-0.2, 0) is 22.2 Å². The zero-order valence-electron chi connectivity index (χ0n) is 22.8. The van der Waals surface area contributed by atoms with Gasteiger partial charge in [0.2, 0.25) is 5.91 Å². The maximum Gasteiger partial charge on any atom is 0.419 e. The highest BCUT2D eigenvalue weighted by molar-refractivity contribution is 6.53. The van der Waals surface area contributed by atoms with Gasteiger partial charge >= 0.3 is 12.4 Å². The molecule has 0 heterocycles. The summed E-state index contributed by atoms with van der Waals surface area (Å²) in [6, 6.07) is 6.83. The minimum absolute atomic E-state index is 0.101. The molecule has 2 N–H and O–H groups in total. The standard InChI is InChI=1S/C29H18Cl3F9N2O3/c1-11(28(36,37)38)21(44)10-15-18(33)6-7-20(24(15)35)43-25(45)14-9-13(3-4-17(14)30)42-26(46)23-22(27(23,31)32)12-2-5-19(34)16(8-12)29(39,40)41/h2-9,11,22-23H,10H2,1H3,(H,42,46)(H,43,45)/t11?,22-,23+/m0/s1. The Morgan fingerprint density at radius 2 is 1.52 bits per heavy atom. The van der Waals surface area contributed by atoms with E-state index in [2.05, 4.69) is 10.6 Å². The predicted molar refractivity (Wildman–Crippen MR) is 150 cm³/mol. The molecule has 0 bridgehead atoms. The number of hydrogen-bond acceptors (Lipinski definition) is 3. The zero-order chi connectivity index (χ0) is 34.5. The van der Waals surface area contributed by atoms with E-state index in [0.717, 1.165) is 24.3 Å². The second-order valence-corrected chi connectivity index (χ2v) is 12.2. The molecule has 17 heteroatoms. The van der Waals surface area contributed by atoms with Crippen molar-refractivity contribution in [1.82, 2.24) is 0 Å². The summed E-state index contributed by atoms with van der Waals surface area (Å²) in [5, 5.41) is 4.22. The van der Waals surface area contributed by atoms with E-state index in [0.29, 0.717) is 25.1 Å². The average molecular weight is 720 g/mol. The first-order chi connectivity index (χ1) is 21.1. The van der Waals surface area contributed by atoms with Crippen molar-refractivity contribution in [1.29, 1.82) is 0 Å². The summed E-state index contributed by atoms with van der Waals surface area (Å²) >= 11 is 18.5. The molecule has 0 radical (unpaired) electrons. The van der Waals surface area contributed by atoms with Gasteiger partial charge in [-0.25, -0.2) is 13.2 Å². The van der Waals surface area contributed by atoms with E-state index < -0.39 is 92.7 Å². The van der Waals surface area contributed by atoms with Crippen LogP contribution in [0.5, 0.6) is 0 Å². The average Bonchev–Trinajstić information content (AvgIpc) is 3.53. The second-order valence-electron chi connectivity index (χ2n) is 10.3. The summed E-state index contributed by atoms with van der Waals surface area (Å²) < 4.78 is 119. The summed E-state index contributed by atoms with van der Waals surface area (Å²) in [6.07, 6.45) is -11.2. The molecule has 0 spiro atoms. The van der Waals surface area contributed by atoms with Crippen molar-refractivity contribution in [3.05, 3.63) is 93.3 Å². The molecule has 1 aliphatic carbocycles. The maximum absolute atomic E-state index is 15.1. The number of alkyl halides is 8. The fourth-order valence-electron chi connectivity index (χ4n) is 4.57. The van der Waals surface area contributed by atoms with Crippen LogP contribution in [0, 0.1) is 29.3 Å². The zero-order valence-corrected chi connectivity index (χ0v) is 25.1. The Hall–Kier alpha value is -3.49. The van der Waals surface area contributed by atoms with Crippen LogP contribution in [0.1, 0.15) is 39.9 Å². The third kappa shape index (κ3) is 7.23. The summed E-state index contributed by atoms with van der Waals surface area (Å²) in [5.41, 5.74) is -3.94. The lowest BCUT2D eigenvalue weighted by Gasteiger charge is -2.16. The van der Waals surface area contributed by atoms with Crippen molar-refractivity contribution in [3.8, 4) is 0 Å². The lowest BCUT2D eigenvalue weighted by molar-refractivity contribution is -0.177. The monoisotopic (exact) mass is 718 g/mol. The van der Waals surface area contributed by atoms with E-state index in [1.165, 1.54) is 6.07 Å². The molecule has 46 heavy (non-hydrogen) atoms. The quantitative estimate of drug-likeness (QED) is 0.181. The van der Waals surface area contributed by atoms with Gasteiger partial charge < -0.3 is 10.6 Å². The fraction of sp³-hybridized carbons (Fsp3) is 0.276. The first-order valence-corrected chi connectivity index (χ1v) is 14.0. The number of Topliss-reactive ketones (excluding diaryl/α,β-unsaturated/α-hetero) is 1. The number of hydrogen-bond donors (Lipinski definition) is 2. The molecular formula is C29H18Cl3F9N2O3. The molecular weight excluding hydrogens is 702 g/mol. The van der Waals surface area contributed by atoms with Gasteiger partial charge in [0.05, 0.1) is 27.8 Å². The van der Waals surface area contributed by atoms with Crippen LogP contribution in [0.3, 0.4) is 0 Å². The number of amides is 2. The van der Waals surface area contributed by atoms with Gasteiger partial charge in [-0.2, -0.15) is 26.3 Å². The Bertz CT molecular complexity index is 1730. The molecule has 3 aromatic rings. The van der Waals surface area contributed by atoms with Gasteiger partial charge in [-0.15, -0.1) is 23.2 Å². The Kier molecular flexibility index (Phi) is 9.69. The Morgan fingerprint density at radius 1 is 0.891 bits per heavy atom. The van der Waals surface area contributed by atoms with Gasteiger partial charge in [0.1, 0.15) is 27.7 Å². The SMILES string of the molecule is CC(C(=O)Cc1c(F)ccc(NC(=O)c2cc(NC(=O)[C@H]3[C@H](c4ccc(F)c(C(F)(F)F)c4)C3(Cl)Cl)ccc2Cl)c1F)C(F)(F)F. The van der Waals surface area contributed by atoms with Crippen LogP contribution >= 0.6 is 34.8 Å². The lowest BCUT2D eigenvalue weighted by atomic mass is 9.98. The highest BCUT2D eigenvalue weighted by atomic mass is 35.5. The van der Waals surface area contributed by atoms with Gasteiger partial charge in [-0.3, -0.25) is 14.4 Å². The number of rotatable bonds is 8. The van der Waals surface area contributed by atoms with Crippen LogP contribution < -0.4 is 10.6 Å². The van der Waals surface area contributed by atoms with Gasteiger partial charge in [0.15, 0.2) is 5.82 Å². The van der Waals surface area contributed by atoms with Gasteiger partial charge in [0, 0.05) is 23.6 Å². The van der Waals surface area contributed by atoms with E-state index in [1.54, 1.807) is 0 Å². The number of anilines is 2. The molecule has 5 nitrogen and oxygen atoms in total. The van der Waals surface area contributed by atoms with Crippen molar-refractivity contribution in [2.75, 3.05) is 10.6 Å². The minimum Gasteiger partial charge on any atom is -0.326 e. The summed E-state index contributed by atoms with van der Waals surface area (Å²) in [4.78, 5) is 37.9. The number of halogens is 12. The van der Waals surface area contributed by atoms with E-state index in [1.807, 2.05) is 0 Å². The second kappa shape index (κ2) is 12.6. The highest BCUT2D eigenvalue weighted by Crippen LogP contribution is 2.65. The van der Waals surface area contributed by atoms with E-state index >= 15 is 4.39 Å². The van der Waals surface area contributed by atoms with Crippen molar-refractivity contribution in [2.45, 2.75) is 35.9 Å². The summed E-state index contributed by atoms with van der Waals surface area (Å²) in [6.45, 7) is 0.535. The molecule has 0 saturated heterocycles. The Balaban J connectivity index is 1.52. The number of carbonyl (C=O) groups excluding carboxylic acids is 3. The number of nitrogens with one attached hydrogen (secondary N) is 2. The van der Waals surface area contributed by atoms with Gasteiger partial charge in [0.25, 0.3) is 5.91 Å². The molecule has 4 rings (SSSR count). The van der Waals surface area contributed by atoms with E-state index in [9.17, 15) is 49.5 Å². The normalized spacial score (nSPS) is 18.1. The van der Waals surface area contributed by atoms with Crippen LogP contribution in [0.15, 0.2) is 48.5 Å². The van der Waals surface area contributed by atoms with Crippen LogP contribution in [-0.4, -0.2) is 28.1 Å².